The minimum atomic E-state index is 0.0565. The number of carbonyl (C=O) groups excluding carboxylic acids is 1. The summed E-state index contributed by atoms with van der Waals surface area (Å²) in [6, 6.07) is 12.7. The molecule has 2 heteroatoms. The van der Waals surface area contributed by atoms with Crippen molar-refractivity contribution in [1.29, 1.82) is 0 Å². The smallest absolute Gasteiger partial charge is 0.187 e. The molecule has 1 fully saturated rings. The van der Waals surface area contributed by atoms with Crippen LogP contribution in [0.4, 0.5) is 0 Å². The standard InChI is InChI=1S/C24H27NO/c1-15-6-8-20(10-17(15)3)12-22-14-25-19(5)23(24(22)26)13-21-9-7-16(2)18(4)11-21/h6-13,19,25H,14H2,1-5H3/b22-12+,23-13+. The van der Waals surface area contributed by atoms with Crippen LogP contribution in [-0.4, -0.2) is 18.4 Å². The zero-order valence-corrected chi connectivity index (χ0v) is 16.3. The number of carbonyl (C=O) groups is 1. The molecule has 1 N–H and O–H groups in total. The van der Waals surface area contributed by atoms with Crippen molar-refractivity contribution in [2.24, 2.45) is 0 Å². The van der Waals surface area contributed by atoms with Gasteiger partial charge in [0.05, 0.1) is 0 Å². The van der Waals surface area contributed by atoms with Crippen molar-refractivity contribution in [1.82, 2.24) is 5.32 Å². The zero-order chi connectivity index (χ0) is 18.8. The molecule has 0 amide bonds. The number of nitrogens with one attached hydrogen (secondary N) is 1. The SMILES string of the molecule is Cc1ccc(/C=C2\CNC(C)/C(=C\c3ccc(C)c(C)c3)C2=O)cc1C. The molecule has 0 saturated carbocycles. The Bertz CT molecular complexity index is 918. The summed E-state index contributed by atoms with van der Waals surface area (Å²) in [6.07, 6.45) is 4.04. The predicted molar refractivity (Wildman–Crippen MR) is 110 cm³/mol. The number of aryl methyl sites for hydroxylation is 4. The van der Waals surface area contributed by atoms with Gasteiger partial charge in [0.2, 0.25) is 0 Å². The molecule has 2 aromatic rings. The van der Waals surface area contributed by atoms with Crippen LogP contribution in [0.25, 0.3) is 12.2 Å². The van der Waals surface area contributed by atoms with Gasteiger partial charge in [0.25, 0.3) is 0 Å². The number of piperidine rings is 1. The van der Waals surface area contributed by atoms with Gasteiger partial charge in [0.1, 0.15) is 0 Å². The monoisotopic (exact) mass is 345 g/mol. The number of benzene rings is 2. The number of hydrogen-bond donors (Lipinski definition) is 1. The third-order valence-electron chi connectivity index (χ3n) is 5.34. The van der Waals surface area contributed by atoms with Gasteiger partial charge in [0, 0.05) is 23.7 Å². The average molecular weight is 345 g/mol. The van der Waals surface area contributed by atoms with Crippen LogP contribution in [0.15, 0.2) is 47.5 Å². The van der Waals surface area contributed by atoms with Crippen molar-refractivity contribution in [3.63, 3.8) is 0 Å². The number of rotatable bonds is 2. The Hall–Kier alpha value is -2.45. The molecular weight excluding hydrogens is 318 g/mol. The second-order valence-corrected chi connectivity index (χ2v) is 7.39. The van der Waals surface area contributed by atoms with E-state index < -0.39 is 0 Å². The summed E-state index contributed by atoms with van der Waals surface area (Å²) in [5, 5.41) is 3.45. The fraction of sp³-hybridized carbons (Fsp3) is 0.292. The van der Waals surface area contributed by atoms with Crippen LogP contribution in [0, 0.1) is 27.7 Å². The van der Waals surface area contributed by atoms with Crippen LogP contribution in [0.2, 0.25) is 0 Å². The third kappa shape index (κ3) is 3.86. The van der Waals surface area contributed by atoms with Crippen LogP contribution in [0.5, 0.6) is 0 Å². The fourth-order valence-corrected chi connectivity index (χ4v) is 3.23. The quantitative estimate of drug-likeness (QED) is 0.781. The lowest BCUT2D eigenvalue weighted by Crippen LogP contribution is -2.40. The van der Waals surface area contributed by atoms with Gasteiger partial charge >= 0.3 is 0 Å². The second-order valence-electron chi connectivity index (χ2n) is 7.39. The number of hydrogen-bond acceptors (Lipinski definition) is 2. The van der Waals surface area contributed by atoms with E-state index in [2.05, 4.69) is 76.3 Å². The number of Topliss-reactive ketones (excluding diaryl/α,β-unsaturated/α-hetero) is 1. The molecule has 1 heterocycles. The Labute approximate surface area is 156 Å². The first-order chi connectivity index (χ1) is 12.3. The third-order valence-corrected chi connectivity index (χ3v) is 5.34. The van der Waals surface area contributed by atoms with Crippen molar-refractivity contribution >= 4 is 17.9 Å². The molecule has 1 aliphatic rings. The zero-order valence-electron chi connectivity index (χ0n) is 16.3. The van der Waals surface area contributed by atoms with Gasteiger partial charge in [-0.2, -0.15) is 0 Å². The summed E-state index contributed by atoms with van der Waals surface area (Å²) in [5.74, 6) is 0.146. The highest BCUT2D eigenvalue weighted by molar-refractivity contribution is 6.15. The first-order valence-electron chi connectivity index (χ1n) is 9.20. The molecule has 134 valence electrons. The first kappa shape index (κ1) is 18.3. The van der Waals surface area contributed by atoms with Crippen LogP contribution in [0.3, 0.4) is 0 Å². The Kier molecular flexibility index (Phi) is 5.24. The lowest BCUT2D eigenvalue weighted by molar-refractivity contribution is -0.112. The Morgan fingerprint density at radius 2 is 1.38 bits per heavy atom. The van der Waals surface area contributed by atoms with E-state index in [4.69, 9.17) is 0 Å². The Balaban J connectivity index is 1.94. The first-order valence-corrected chi connectivity index (χ1v) is 9.20. The van der Waals surface area contributed by atoms with Crippen molar-refractivity contribution < 1.29 is 4.79 Å². The maximum Gasteiger partial charge on any atom is 0.187 e. The summed E-state index contributed by atoms with van der Waals surface area (Å²) in [5.41, 5.74) is 8.84. The summed E-state index contributed by atoms with van der Waals surface area (Å²) in [7, 11) is 0. The highest BCUT2D eigenvalue weighted by Gasteiger charge is 2.25. The van der Waals surface area contributed by atoms with E-state index in [1.807, 2.05) is 12.2 Å². The van der Waals surface area contributed by atoms with E-state index >= 15 is 0 Å². The van der Waals surface area contributed by atoms with Crippen molar-refractivity contribution in [2.75, 3.05) is 6.54 Å². The lowest BCUT2D eigenvalue weighted by Gasteiger charge is -2.25. The van der Waals surface area contributed by atoms with Crippen LogP contribution < -0.4 is 5.32 Å². The summed E-state index contributed by atoms with van der Waals surface area (Å²) >= 11 is 0. The molecule has 1 atom stereocenters. The number of ketones is 1. The average Bonchev–Trinajstić information content (AvgIpc) is 2.60. The fourth-order valence-electron chi connectivity index (χ4n) is 3.23. The molecule has 1 saturated heterocycles. The molecule has 2 nitrogen and oxygen atoms in total. The van der Waals surface area contributed by atoms with Crippen molar-refractivity contribution in [2.45, 2.75) is 40.7 Å². The van der Waals surface area contributed by atoms with E-state index in [-0.39, 0.29) is 11.8 Å². The van der Waals surface area contributed by atoms with Gasteiger partial charge in [-0.05, 0) is 80.2 Å². The summed E-state index contributed by atoms with van der Waals surface area (Å²) in [4.78, 5) is 13.1. The van der Waals surface area contributed by atoms with Gasteiger partial charge in [-0.1, -0.05) is 36.4 Å². The van der Waals surface area contributed by atoms with Crippen molar-refractivity contribution in [3.05, 3.63) is 80.9 Å². The van der Waals surface area contributed by atoms with Crippen molar-refractivity contribution in [3.8, 4) is 0 Å². The highest BCUT2D eigenvalue weighted by atomic mass is 16.1. The summed E-state index contributed by atoms with van der Waals surface area (Å²) in [6.45, 7) is 11.1. The minimum Gasteiger partial charge on any atom is -0.306 e. The van der Waals surface area contributed by atoms with Gasteiger partial charge in [-0.15, -0.1) is 0 Å². The van der Waals surface area contributed by atoms with Gasteiger partial charge in [-0.3, -0.25) is 4.79 Å². The molecular formula is C24H27NO. The molecule has 0 spiro atoms. The van der Waals surface area contributed by atoms with E-state index in [0.717, 1.165) is 22.3 Å². The highest BCUT2D eigenvalue weighted by Crippen LogP contribution is 2.23. The summed E-state index contributed by atoms with van der Waals surface area (Å²) < 4.78 is 0. The van der Waals surface area contributed by atoms with Crippen LogP contribution in [-0.2, 0) is 4.79 Å². The molecule has 1 aliphatic heterocycles. The Morgan fingerprint density at radius 3 is 1.92 bits per heavy atom. The van der Waals surface area contributed by atoms with Gasteiger partial charge in [0.15, 0.2) is 5.78 Å². The van der Waals surface area contributed by atoms with E-state index in [9.17, 15) is 4.79 Å². The minimum absolute atomic E-state index is 0.0565. The van der Waals surface area contributed by atoms with E-state index in [0.29, 0.717) is 6.54 Å². The van der Waals surface area contributed by atoms with E-state index in [1.165, 1.54) is 22.3 Å². The largest absolute Gasteiger partial charge is 0.306 e. The molecule has 3 rings (SSSR count). The molecule has 0 aromatic heterocycles. The van der Waals surface area contributed by atoms with Crippen LogP contribution in [0.1, 0.15) is 40.3 Å². The van der Waals surface area contributed by atoms with Gasteiger partial charge in [-0.25, -0.2) is 0 Å². The molecule has 2 aromatic carbocycles. The normalized spacial score (nSPS) is 20.8. The molecule has 0 radical (unpaired) electrons. The molecule has 26 heavy (non-hydrogen) atoms. The van der Waals surface area contributed by atoms with Gasteiger partial charge < -0.3 is 5.32 Å². The maximum absolute atomic E-state index is 13.1. The maximum atomic E-state index is 13.1. The Morgan fingerprint density at radius 1 is 0.846 bits per heavy atom. The molecule has 0 bridgehead atoms. The second kappa shape index (κ2) is 7.43. The van der Waals surface area contributed by atoms with Crippen LogP contribution >= 0.6 is 0 Å². The van der Waals surface area contributed by atoms with E-state index in [1.54, 1.807) is 0 Å². The topological polar surface area (TPSA) is 29.1 Å². The lowest BCUT2D eigenvalue weighted by atomic mass is 9.90. The molecule has 1 unspecified atom stereocenters. The predicted octanol–water partition coefficient (Wildman–Crippen LogP) is 4.95. The molecule has 0 aliphatic carbocycles.